The van der Waals surface area contributed by atoms with Crippen LogP contribution in [0.5, 0.6) is 0 Å². The van der Waals surface area contributed by atoms with E-state index in [9.17, 15) is 14.7 Å². The summed E-state index contributed by atoms with van der Waals surface area (Å²) in [7, 11) is 0. The van der Waals surface area contributed by atoms with Gasteiger partial charge in [0, 0.05) is 13.0 Å². The van der Waals surface area contributed by atoms with Crippen molar-refractivity contribution in [1.29, 1.82) is 0 Å². The quantitative estimate of drug-likeness (QED) is 0.705. The number of rotatable bonds is 6. The lowest BCUT2D eigenvalue weighted by Crippen LogP contribution is -2.42. The topological polar surface area (TPSA) is 78.4 Å². The number of carboxylic acids is 1. The summed E-state index contributed by atoms with van der Waals surface area (Å²) in [5, 5.41) is 17.7. The molecule has 29 heavy (non-hydrogen) atoms. The Labute approximate surface area is 170 Å². The van der Waals surface area contributed by atoms with Gasteiger partial charge in [-0.1, -0.05) is 73.7 Å². The molecule has 0 radical (unpaired) electrons. The minimum Gasteiger partial charge on any atom is -0.480 e. The van der Waals surface area contributed by atoms with Crippen molar-refractivity contribution in [2.75, 3.05) is 6.54 Å². The van der Waals surface area contributed by atoms with Crippen molar-refractivity contribution in [3.8, 4) is 0 Å². The summed E-state index contributed by atoms with van der Waals surface area (Å²) >= 11 is 0. The van der Waals surface area contributed by atoms with Gasteiger partial charge in [-0.25, -0.2) is 4.79 Å². The van der Waals surface area contributed by atoms with Gasteiger partial charge in [-0.15, -0.1) is 0 Å². The van der Waals surface area contributed by atoms with Gasteiger partial charge in [0.1, 0.15) is 6.04 Å². The molecule has 1 heterocycles. The minimum absolute atomic E-state index is 0.0736. The molecular weight excluding hydrogens is 364 g/mol. The number of carbonyl (C=O) groups excluding carboxylic acids is 1. The van der Waals surface area contributed by atoms with Gasteiger partial charge >= 0.3 is 5.97 Å². The first-order valence-corrected chi connectivity index (χ1v) is 9.78. The fourth-order valence-electron chi connectivity index (χ4n) is 3.35. The number of aliphatic carboxylic acids is 1. The maximum atomic E-state index is 12.5. The smallest absolute Gasteiger partial charge is 0.326 e. The summed E-state index contributed by atoms with van der Waals surface area (Å²) in [5.74, 6) is -1.26. The Bertz CT molecular complexity index is 975. The molecule has 1 aliphatic rings. The first-order chi connectivity index (χ1) is 14.0. The van der Waals surface area contributed by atoms with E-state index in [0.717, 1.165) is 21.9 Å². The summed E-state index contributed by atoms with van der Waals surface area (Å²) in [6, 6.07) is 12.8. The zero-order valence-electron chi connectivity index (χ0n) is 16.5. The Kier molecular flexibility index (Phi) is 6.85. The van der Waals surface area contributed by atoms with Crippen molar-refractivity contribution in [2.45, 2.75) is 25.8 Å². The van der Waals surface area contributed by atoms with E-state index in [2.05, 4.69) is 10.6 Å². The second kappa shape index (κ2) is 9.73. The Balaban J connectivity index is 1.67. The zero-order chi connectivity index (χ0) is 20.6. The molecule has 0 aliphatic carbocycles. The maximum Gasteiger partial charge on any atom is 0.326 e. The SMILES string of the molecule is CC1/C=C\C=C/CN/C=C\1CC(NC(=O)Cc1ccc2ccccc2c1)C(=O)O. The van der Waals surface area contributed by atoms with Gasteiger partial charge in [0.15, 0.2) is 0 Å². The number of hydrogen-bond acceptors (Lipinski definition) is 3. The molecule has 150 valence electrons. The van der Waals surface area contributed by atoms with Crippen molar-refractivity contribution in [3.05, 3.63) is 84.1 Å². The third-order valence-corrected chi connectivity index (χ3v) is 5.01. The van der Waals surface area contributed by atoms with Crippen LogP contribution in [-0.4, -0.2) is 29.6 Å². The molecular formula is C24H26N2O3. The van der Waals surface area contributed by atoms with Crippen LogP contribution < -0.4 is 10.6 Å². The fourth-order valence-corrected chi connectivity index (χ4v) is 3.35. The van der Waals surface area contributed by atoms with E-state index in [4.69, 9.17) is 0 Å². The number of carboxylic acid groups (broad SMARTS) is 1. The Hall–Kier alpha value is -3.34. The van der Waals surface area contributed by atoms with Crippen LogP contribution in [0.2, 0.25) is 0 Å². The molecule has 0 spiro atoms. The lowest BCUT2D eigenvalue weighted by Gasteiger charge is -2.19. The summed E-state index contributed by atoms with van der Waals surface area (Å²) in [6.45, 7) is 2.69. The van der Waals surface area contributed by atoms with Crippen LogP contribution in [0.25, 0.3) is 10.8 Å². The van der Waals surface area contributed by atoms with Gasteiger partial charge in [0.25, 0.3) is 0 Å². The van der Waals surface area contributed by atoms with E-state index in [1.807, 2.05) is 79.9 Å². The number of amides is 1. The van der Waals surface area contributed by atoms with E-state index in [1.54, 1.807) is 0 Å². The molecule has 2 aromatic rings. The maximum absolute atomic E-state index is 12.5. The second-order valence-corrected chi connectivity index (χ2v) is 7.25. The van der Waals surface area contributed by atoms with Crippen molar-refractivity contribution in [3.63, 3.8) is 0 Å². The van der Waals surface area contributed by atoms with Crippen molar-refractivity contribution in [1.82, 2.24) is 10.6 Å². The van der Waals surface area contributed by atoms with Crippen LogP contribution in [-0.2, 0) is 16.0 Å². The van der Waals surface area contributed by atoms with Crippen LogP contribution >= 0.6 is 0 Å². The van der Waals surface area contributed by atoms with Gasteiger partial charge < -0.3 is 15.7 Å². The highest BCUT2D eigenvalue weighted by atomic mass is 16.4. The van der Waals surface area contributed by atoms with Crippen LogP contribution in [0.3, 0.4) is 0 Å². The largest absolute Gasteiger partial charge is 0.480 e. The highest BCUT2D eigenvalue weighted by Gasteiger charge is 2.23. The molecule has 5 nitrogen and oxygen atoms in total. The van der Waals surface area contributed by atoms with Crippen LogP contribution in [0.1, 0.15) is 18.9 Å². The number of nitrogens with one attached hydrogen (secondary N) is 2. The van der Waals surface area contributed by atoms with Crippen LogP contribution in [0, 0.1) is 5.92 Å². The molecule has 5 heteroatoms. The molecule has 1 amide bonds. The molecule has 2 unspecified atom stereocenters. The highest BCUT2D eigenvalue weighted by molar-refractivity contribution is 5.87. The zero-order valence-corrected chi connectivity index (χ0v) is 16.5. The summed E-state index contributed by atoms with van der Waals surface area (Å²) < 4.78 is 0. The Morgan fingerprint density at radius 1 is 1.17 bits per heavy atom. The number of fused-ring (bicyclic) bond motifs is 1. The summed E-state index contributed by atoms with van der Waals surface area (Å²) in [6.07, 6.45) is 10.2. The molecule has 0 aromatic heterocycles. The highest BCUT2D eigenvalue weighted by Crippen LogP contribution is 2.19. The average Bonchev–Trinajstić information content (AvgIpc) is 2.80. The van der Waals surface area contributed by atoms with Gasteiger partial charge in [0.2, 0.25) is 5.91 Å². The number of carbonyl (C=O) groups is 2. The van der Waals surface area contributed by atoms with Gasteiger partial charge in [-0.05, 0) is 34.0 Å². The predicted molar refractivity (Wildman–Crippen MR) is 115 cm³/mol. The van der Waals surface area contributed by atoms with E-state index < -0.39 is 12.0 Å². The minimum atomic E-state index is -1.04. The third kappa shape index (κ3) is 5.82. The monoisotopic (exact) mass is 390 g/mol. The summed E-state index contributed by atoms with van der Waals surface area (Å²) in [5.41, 5.74) is 1.79. The van der Waals surface area contributed by atoms with Gasteiger partial charge in [-0.2, -0.15) is 0 Å². The number of hydrogen-bond donors (Lipinski definition) is 3. The molecule has 0 bridgehead atoms. The standard InChI is InChI=1S/C24H26N2O3/c1-17-7-3-2-6-12-25-16-21(17)15-22(24(28)29)26-23(27)14-18-10-11-19-8-4-5-9-20(19)13-18/h2-11,13,16-17,22,25H,12,14-15H2,1H3,(H,26,27)(H,28,29)/b6-2-,7-3-,21-16-. The number of benzene rings is 2. The van der Waals surface area contributed by atoms with E-state index in [-0.39, 0.29) is 24.7 Å². The van der Waals surface area contributed by atoms with Crippen molar-refractivity contribution in [2.24, 2.45) is 5.92 Å². The van der Waals surface area contributed by atoms with E-state index in [0.29, 0.717) is 6.54 Å². The van der Waals surface area contributed by atoms with Crippen molar-refractivity contribution < 1.29 is 14.7 Å². The molecule has 0 saturated heterocycles. The lowest BCUT2D eigenvalue weighted by atomic mass is 9.94. The average molecular weight is 390 g/mol. The van der Waals surface area contributed by atoms with E-state index >= 15 is 0 Å². The Morgan fingerprint density at radius 3 is 2.76 bits per heavy atom. The normalized spacial score (nSPS) is 21.4. The second-order valence-electron chi connectivity index (χ2n) is 7.25. The first-order valence-electron chi connectivity index (χ1n) is 9.78. The first kappa shape index (κ1) is 20.4. The molecule has 2 atom stereocenters. The van der Waals surface area contributed by atoms with Crippen molar-refractivity contribution >= 4 is 22.6 Å². The fraction of sp³-hybridized carbons (Fsp3) is 0.250. The molecule has 3 N–H and O–H groups in total. The van der Waals surface area contributed by atoms with Gasteiger partial charge in [-0.3, -0.25) is 4.79 Å². The van der Waals surface area contributed by atoms with Crippen LogP contribution in [0.4, 0.5) is 0 Å². The predicted octanol–water partition coefficient (Wildman–Crippen LogP) is 3.58. The molecule has 3 rings (SSSR count). The molecule has 2 aromatic carbocycles. The molecule has 1 aliphatic heterocycles. The van der Waals surface area contributed by atoms with Crippen LogP contribution in [0.15, 0.2) is 78.5 Å². The Morgan fingerprint density at radius 2 is 1.97 bits per heavy atom. The van der Waals surface area contributed by atoms with E-state index in [1.165, 1.54) is 0 Å². The number of allylic oxidation sites excluding steroid dienone is 3. The molecule has 0 saturated carbocycles. The summed E-state index contributed by atoms with van der Waals surface area (Å²) in [4.78, 5) is 24.3. The third-order valence-electron chi connectivity index (χ3n) is 5.01. The molecule has 0 fully saturated rings. The van der Waals surface area contributed by atoms with Gasteiger partial charge in [0.05, 0.1) is 6.42 Å². The lowest BCUT2D eigenvalue weighted by molar-refractivity contribution is -0.141.